The first-order valence-electron chi connectivity index (χ1n) is 10.2. The van der Waals surface area contributed by atoms with Gasteiger partial charge in [-0.25, -0.2) is 9.99 Å². The minimum absolute atomic E-state index is 0.0434. The molecule has 1 N–H and O–H groups in total. The second-order valence-electron chi connectivity index (χ2n) is 7.38. The van der Waals surface area contributed by atoms with Crippen LogP contribution in [-0.4, -0.2) is 52.1 Å². The molecule has 1 aromatic rings. The van der Waals surface area contributed by atoms with Crippen LogP contribution in [0.3, 0.4) is 0 Å². The van der Waals surface area contributed by atoms with Gasteiger partial charge in [0.15, 0.2) is 0 Å². The summed E-state index contributed by atoms with van der Waals surface area (Å²) in [5.41, 5.74) is 0.875. The first-order valence-corrected chi connectivity index (χ1v) is 10.2. The Balaban J connectivity index is 1.59. The van der Waals surface area contributed by atoms with E-state index in [9.17, 15) is 9.59 Å². The summed E-state index contributed by atoms with van der Waals surface area (Å²) in [6.45, 7) is 8.86. The third kappa shape index (κ3) is 5.20. The Hall–Kier alpha value is -3.29. The Bertz CT molecular complexity index is 883. The average Bonchev–Trinajstić information content (AvgIpc) is 3.23. The maximum Gasteiger partial charge on any atom is 0.246 e. The number of hydrogen-bond acceptors (Lipinski definition) is 6. The topological polar surface area (TPSA) is 90.8 Å². The summed E-state index contributed by atoms with van der Waals surface area (Å²) < 4.78 is 0. The lowest BCUT2D eigenvalue weighted by Crippen LogP contribution is -2.43. The van der Waals surface area contributed by atoms with Gasteiger partial charge in [0.2, 0.25) is 17.8 Å². The van der Waals surface area contributed by atoms with E-state index in [0.29, 0.717) is 44.1 Å². The molecule has 8 nitrogen and oxygen atoms in total. The van der Waals surface area contributed by atoms with Gasteiger partial charge in [-0.15, -0.1) is 0 Å². The number of allylic oxidation sites excluding steroid dienone is 3. The minimum atomic E-state index is -0.174. The summed E-state index contributed by atoms with van der Waals surface area (Å²) in [6, 6.07) is 1.54. The van der Waals surface area contributed by atoms with Gasteiger partial charge in [0.05, 0.1) is 6.04 Å². The van der Waals surface area contributed by atoms with Crippen LogP contribution in [0.25, 0.3) is 0 Å². The average molecular weight is 409 g/mol. The normalized spacial score (nSPS) is 19.7. The highest BCUT2D eigenvalue weighted by atomic mass is 16.2. The lowest BCUT2D eigenvalue weighted by atomic mass is 9.94. The minimum Gasteiger partial charge on any atom is -0.341 e. The molecule has 0 saturated carbocycles. The quantitative estimate of drug-likeness (QED) is 0.731. The Morgan fingerprint density at radius 3 is 2.73 bits per heavy atom. The van der Waals surface area contributed by atoms with Crippen LogP contribution in [0, 0.1) is 5.92 Å². The molecule has 1 atom stereocenters. The third-order valence-corrected chi connectivity index (χ3v) is 5.17. The molecule has 30 heavy (non-hydrogen) atoms. The van der Waals surface area contributed by atoms with Crippen LogP contribution >= 0.6 is 0 Å². The fraction of sp³-hybridized carbons (Fsp3) is 0.409. The van der Waals surface area contributed by atoms with E-state index in [0.717, 1.165) is 5.57 Å². The van der Waals surface area contributed by atoms with Crippen molar-refractivity contribution in [2.75, 3.05) is 23.3 Å². The SMILES string of the molecule is C=C(/C=C\C=C/C)[C@@H]1CC=NN1C(=O)C1CCN(c2nccc(NC(C)=O)n2)CC1. The highest BCUT2D eigenvalue weighted by Gasteiger charge is 2.35. The van der Waals surface area contributed by atoms with E-state index in [1.54, 1.807) is 23.5 Å². The van der Waals surface area contributed by atoms with Crippen molar-refractivity contribution in [2.24, 2.45) is 11.0 Å². The fourth-order valence-corrected chi connectivity index (χ4v) is 3.60. The number of nitrogens with one attached hydrogen (secondary N) is 1. The van der Waals surface area contributed by atoms with E-state index in [1.807, 2.05) is 36.1 Å². The Kier molecular flexibility index (Phi) is 7.11. The lowest BCUT2D eigenvalue weighted by molar-refractivity contribution is -0.137. The van der Waals surface area contributed by atoms with E-state index in [1.165, 1.54) is 6.92 Å². The summed E-state index contributed by atoms with van der Waals surface area (Å²) in [5.74, 6) is 0.815. The molecule has 0 bridgehead atoms. The van der Waals surface area contributed by atoms with Crippen molar-refractivity contribution in [3.8, 4) is 0 Å². The van der Waals surface area contributed by atoms with Gasteiger partial charge in [-0.1, -0.05) is 30.9 Å². The second-order valence-corrected chi connectivity index (χ2v) is 7.38. The predicted molar refractivity (Wildman–Crippen MR) is 118 cm³/mol. The van der Waals surface area contributed by atoms with Crippen LogP contribution in [0.2, 0.25) is 0 Å². The monoisotopic (exact) mass is 408 g/mol. The molecule has 1 fully saturated rings. The molecular weight excluding hydrogens is 380 g/mol. The zero-order chi connectivity index (χ0) is 21.5. The van der Waals surface area contributed by atoms with Crippen molar-refractivity contribution in [1.29, 1.82) is 0 Å². The van der Waals surface area contributed by atoms with E-state index in [2.05, 4.69) is 27.0 Å². The highest BCUT2D eigenvalue weighted by molar-refractivity contribution is 5.87. The van der Waals surface area contributed by atoms with Gasteiger partial charge in [-0.05, 0) is 31.4 Å². The van der Waals surface area contributed by atoms with Gasteiger partial charge in [-0.3, -0.25) is 9.59 Å². The molecule has 0 aromatic carbocycles. The number of hydrogen-bond donors (Lipinski definition) is 1. The second kappa shape index (κ2) is 9.96. The maximum atomic E-state index is 13.1. The third-order valence-electron chi connectivity index (χ3n) is 5.17. The van der Waals surface area contributed by atoms with Gasteiger partial charge in [0.25, 0.3) is 0 Å². The summed E-state index contributed by atoms with van der Waals surface area (Å²) >= 11 is 0. The Morgan fingerprint density at radius 2 is 2.03 bits per heavy atom. The van der Waals surface area contributed by atoms with Crippen molar-refractivity contribution in [3.05, 3.63) is 48.7 Å². The van der Waals surface area contributed by atoms with Gasteiger partial charge >= 0.3 is 0 Å². The number of amides is 2. The molecule has 2 aliphatic heterocycles. The van der Waals surface area contributed by atoms with Gasteiger partial charge in [0.1, 0.15) is 5.82 Å². The van der Waals surface area contributed by atoms with E-state index in [4.69, 9.17) is 0 Å². The van der Waals surface area contributed by atoms with Gasteiger partial charge < -0.3 is 10.2 Å². The number of aromatic nitrogens is 2. The first-order chi connectivity index (χ1) is 14.5. The van der Waals surface area contributed by atoms with Crippen LogP contribution in [0.4, 0.5) is 11.8 Å². The molecule has 3 rings (SSSR count). The molecule has 3 heterocycles. The van der Waals surface area contributed by atoms with E-state index >= 15 is 0 Å². The van der Waals surface area contributed by atoms with Crippen molar-refractivity contribution in [3.63, 3.8) is 0 Å². The molecule has 8 heteroatoms. The van der Waals surface area contributed by atoms with Crippen LogP contribution in [-0.2, 0) is 9.59 Å². The number of rotatable bonds is 6. The van der Waals surface area contributed by atoms with Crippen LogP contribution in [0.15, 0.2) is 53.8 Å². The molecular formula is C22H28N6O2. The molecule has 1 aromatic heterocycles. The van der Waals surface area contributed by atoms with Crippen molar-refractivity contribution in [1.82, 2.24) is 15.0 Å². The van der Waals surface area contributed by atoms with Crippen molar-refractivity contribution < 1.29 is 9.59 Å². The molecule has 0 aliphatic carbocycles. The molecule has 2 aliphatic rings. The Morgan fingerprint density at radius 1 is 1.27 bits per heavy atom. The number of anilines is 2. The van der Waals surface area contributed by atoms with Crippen molar-refractivity contribution in [2.45, 2.75) is 39.2 Å². The summed E-state index contributed by atoms with van der Waals surface area (Å²) in [5, 5.41) is 8.59. The molecule has 0 unspecified atom stereocenters. The summed E-state index contributed by atoms with van der Waals surface area (Å²) in [4.78, 5) is 35.1. The molecule has 1 saturated heterocycles. The summed E-state index contributed by atoms with van der Waals surface area (Å²) in [7, 11) is 0. The van der Waals surface area contributed by atoms with Gasteiger partial charge in [-0.2, -0.15) is 10.1 Å². The number of carbonyl (C=O) groups excluding carboxylic acids is 2. The summed E-state index contributed by atoms with van der Waals surface area (Å²) in [6.07, 6.45) is 13.2. The maximum absolute atomic E-state index is 13.1. The fourth-order valence-electron chi connectivity index (χ4n) is 3.60. The molecule has 0 spiro atoms. The van der Waals surface area contributed by atoms with Crippen LogP contribution in [0.1, 0.15) is 33.1 Å². The number of nitrogens with zero attached hydrogens (tertiary/aromatic N) is 5. The lowest BCUT2D eigenvalue weighted by Gasteiger charge is -2.33. The zero-order valence-electron chi connectivity index (χ0n) is 17.5. The van der Waals surface area contributed by atoms with Crippen LogP contribution in [0.5, 0.6) is 0 Å². The smallest absolute Gasteiger partial charge is 0.246 e. The first kappa shape index (κ1) is 21.4. The predicted octanol–water partition coefficient (Wildman–Crippen LogP) is 2.93. The standard InChI is InChI=1S/C22H28N6O2/c1-4-5-6-7-16(2)19-8-13-24-28(19)21(30)18-10-14-27(15-11-18)22-23-12-9-20(26-22)25-17(3)29/h4-7,9,12-13,18-19H,2,8,10-11,14-15H2,1,3H3,(H,23,25,26,29)/b5-4-,7-6-/t19-/m0/s1. The van der Waals surface area contributed by atoms with Crippen molar-refractivity contribution >= 4 is 29.8 Å². The number of piperidine rings is 1. The molecule has 158 valence electrons. The van der Waals surface area contributed by atoms with Crippen LogP contribution < -0.4 is 10.2 Å². The van der Waals surface area contributed by atoms with E-state index < -0.39 is 0 Å². The van der Waals surface area contributed by atoms with E-state index in [-0.39, 0.29) is 23.8 Å². The zero-order valence-corrected chi connectivity index (χ0v) is 17.5. The highest BCUT2D eigenvalue weighted by Crippen LogP contribution is 2.27. The number of hydrazone groups is 1. The van der Waals surface area contributed by atoms with Gasteiger partial charge in [0, 0.05) is 44.8 Å². The molecule has 2 amide bonds. The molecule has 0 radical (unpaired) electrons. The largest absolute Gasteiger partial charge is 0.341 e. The number of carbonyl (C=O) groups is 2. The Labute approximate surface area is 177 Å².